The molecule has 2 aliphatic rings. The summed E-state index contributed by atoms with van der Waals surface area (Å²) in [7, 11) is 0. The average Bonchev–Trinajstić information content (AvgIpc) is 3.22. The van der Waals surface area contributed by atoms with Gasteiger partial charge in [0, 0.05) is 44.1 Å². The molecule has 2 fully saturated rings. The van der Waals surface area contributed by atoms with Gasteiger partial charge in [0.1, 0.15) is 5.82 Å². The minimum absolute atomic E-state index is 0.00685. The number of halogens is 1. The lowest BCUT2D eigenvalue weighted by Gasteiger charge is -2.39. The lowest BCUT2D eigenvalue weighted by molar-refractivity contribution is -0.0764. The molecule has 3 aromatic rings. The van der Waals surface area contributed by atoms with Gasteiger partial charge >= 0.3 is 0 Å². The smallest absolute Gasteiger partial charge is 0.251 e. The van der Waals surface area contributed by atoms with Crippen LogP contribution < -0.4 is 5.32 Å². The van der Waals surface area contributed by atoms with Crippen LogP contribution in [-0.4, -0.2) is 52.1 Å². The third kappa shape index (κ3) is 4.49. The van der Waals surface area contributed by atoms with Gasteiger partial charge in [-0.3, -0.25) is 19.7 Å². The van der Waals surface area contributed by atoms with Crippen LogP contribution >= 0.6 is 0 Å². The van der Waals surface area contributed by atoms with Crippen LogP contribution in [-0.2, 0) is 11.3 Å². The zero-order valence-corrected chi connectivity index (χ0v) is 18.0. The molecule has 32 heavy (non-hydrogen) atoms. The summed E-state index contributed by atoms with van der Waals surface area (Å²) in [6.45, 7) is 3.26. The second-order valence-corrected chi connectivity index (χ2v) is 8.80. The Bertz CT molecular complexity index is 1110. The maximum atomic E-state index is 13.3. The number of hydrogen-bond donors (Lipinski definition) is 1. The first-order valence-electron chi connectivity index (χ1n) is 11.2. The Morgan fingerprint density at radius 3 is 2.78 bits per heavy atom. The molecule has 0 radical (unpaired) electrons. The van der Waals surface area contributed by atoms with Gasteiger partial charge in [-0.05, 0) is 55.5 Å². The van der Waals surface area contributed by atoms with Gasteiger partial charge in [-0.25, -0.2) is 4.39 Å². The van der Waals surface area contributed by atoms with E-state index >= 15 is 0 Å². The predicted octanol–water partition coefficient (Wildman–Crippen LogP) is 3.71. The molecule has 6 nitrogen and oxygen atoms in total. The first-order chi connectivity index (χ1) is 15.6. The highest BCUT2D eigenvalue weighted by molar-refractivity contribution is 5.94. The normalized spacial score (nSPS) is 20.6. The van der Waals surface area contributed by atoms with Crippen LogP contribution in [0.3, 0.4) is 0 Å². The molecule has 1 N–H and O–H groups in total. The molecule has 1 aromatic heterocycles. The summed E-state index contributed by atoms with van der Waals surface area (Å²) in [6, 6.07) is 11.9. The summed E-state index contributed by atoms with van der Waals surface area (Å²) < 4.78 is 19.8. The molecule has 2 aliphatic heterocycles. The number of para-hydroxylation sites is 1. The molecule has 2 aromatic carbocycles. The van der Waals surface area contributed by atoms with E-state index in [1.165, 1.54) is 17.7 Å². The number of aromatic nitrogens is 2. The van der Waals surface area contributed by atoms with E-state index in [0.717, 1.165) is 56.4 Å². The maximum Gasteiger partial charge on any atom is 0.251 e. The van der Waals surface area contributed by atoms with E-state index in [1.807, 2.05) is 12.1 Å². The Kier molecular flexibility index (Phi) is 5.85. The molecule has 3 heterocycles. The maximum absolute atomic E-state index is 13.3. The fraction of sp³-hybridized carbons (Fsp3) is 0.400. The number of nitrogens with zero attached hydrogens (tertiary/aromatic N) is 3. The van der Waals surface area contributed by atoms with E-state index in [-0.39, 0.29) is 17.6 Å². The van der Waals surface area contributed by atoms with Crippen molar-refractivity contribution in [2.24, 2.45) is 0 Å². The summed E-state index contributed by atoms with van der Waals surface area (Å²) in [5, 5.41) is 2.89. The minimum Gasteiger partial charge on any atom is -0.370 e. The number of nitrogens with one attached hydrogen (secondary N) is 1. The van der Waals surface area contributed by atoms with Crippen molar-refractivity contribution >= 4 is 16.9 Å². The van der Waals surface area contributed by atoms with E-state index in [1.54, 1.807) is 24.5 Å². The van der Waals surface area contributed by atoms with E-state index in [4.69, 9.17) is 4.74 Å². The molecule has 2 saturated heterocycles. The van der Waals surface area contributed by atoms with Crippen molar-refractivity contribution in [2.45, 2.75) is 43.9 Å². The van der Waals surface area contributed by atoms with Crippen LogP contribution in [0.5, 0.6) is 0 Å². The summed E-state index contributed by atoms with van der Waals surface area (Å²) in [6.07, 6.45) is 7.40. The van der Waals surface area contributed by atoms with Crippen LogP contribution in [0.1, 0.15) is 41.6 Å². The number of carbonyl (C=O) groups excluding carboxylic acids is 1. The van der Waals surface area contributed by atoms with Gasteiger partial charge in [-0.1, -0.05) is 18.2 Å². The van der Waals surface area contributed by atoms with Gasteiger partial charge in [0.25, 0.3) is 5.91 Å². The topological polar surface area (TPSA) is 67.4 Å². The molecule has 0 saturated carbocycles. The molecule has 166 valence electrons. The monoisotopic (exact) mass is 434 g/mol. The molecule has 1 atom stereocenters. The largest absolute Gasteiger partial charge is 0.370 e. The van der Waals surface area contributed by atoms with E-state index in [0.29, 0.717) is 12.1 Å². The molecular formula is C25H27FN4O2. The number of likely N-dealkylation sites (tertiary alicyclic amines) is 1. The summed E-state index contributed by atoms with van der Waals surface area (Å²) in [5.41, 5.74) is 3.35. The van der Waals surface area contributed by atoms with E-state index in [2.05, 4.69) is 26.3 Å². The number of rotatable bonds is 5. The highest BCUT2D eigenvalue weighted by atomic mass is 19.1. The molecule has 0 bridgehead atoms. The molecule has 5 rings (SSSR count). The van der Waals surface area contributed by atoms with Gasteiger partial charge in [0.2, 0.25) is 0 Å². The van der Waals surface area contributed by atoms with Crippen molar-refractivity contribution in [3.05, 3.63) is 71.8 Å². The minimum atomic E-state index is -0.406. The second-order valence-electron chi connectivity index (χ2n) is 8.80. The van der Waals surface area contributed by atoms with Crippen molar-refractivity contribution in [1.29, 1.82) is 0 Å². The third-order valence-electron chi connectivity index (χ3n) is 6.66. The van der Waals surface area contributed by atoms with Crippen molar-refractivity contribution in [2.75, 3.05) is 19.6 Å². The van der Waals surface area contributed by atoms with Gasteiger partial charge < -0.3 is 10.1 Å². The van der Waals surface area contributed by atoms with Gasteiger partial charge in [0.15, 0.2) is 0 Å². The number of piperidine rings is 1. The molecule has 7 heteroatoms. The third-order valence-corrected chi connectivity index (χ3v) is 6.66. The Labute approximate surface area is 186 Å². The lowest BCUT2D eigenvalue weighted by Crippen LogP contribution is -2.44. The quantitative estimate of drug-likeness (QED) is 0.663. The number of ether oxygens (including phenoxy) is 1. The van der Waals surface area contributed by atoms with Gasteiger partial charge in [0.05, 0.1) is 22.7 Å². The summed E-state index contributed by atoms with van der Waals surface area (Å²) in [5.74, 6) is -0.668. The zero-order chi connectivity index (χ0) is 22.0. The molecular weight excluding hydrogens is 407 g/mol. The average molecular weight is 435 g/mol. The Balaban J connectivity index is 1.13. The highest BCUT2D eigenvalue weighted by Gasteiger charge is 2.42. The van der Waals surface area contributed by atoms with Gasteiger partial charge in [-0.2, -0.15) is 0 Å². The number of hydrogen-bond acceptors (Lipinski definition) is 5. The van der Waals surface area contributed by atoms with Gasteiger partial charge in [-0.15, -0.1) is 0 Å². The summed E-state index contributed by atoms with van der Waals surface area (Å²) in [4.78, 5) is 23.7. The Hall–Kier alpha value is -2.90. The van der Waals surface area contributed by atoms with Crippen molar-refractivity contribution in [3.8, 4) is 0 Å². The van der Waals surface area contributed by atoms with Crippen molar-refractivity contribution in [1.82, 2.24) is 20.2 Å². The standard InChI is InChI=1S/C25H27FN4O2/c26-20-5-1-3-18(15-20)24(31)29-16-21-7-8-25(32-21)9-13-30(14-10-25)17-19-4-2-6-22-23(19)28-12-11-27-22/h1-6,11-12,15,21H,7-10,13-14,16-17H2,(H,29,31). The van der Waals surface area contributed by atoms with Crippen LogP contribution in [0.4, 0.5) is 4.39 Å². The van der Waals surface area contributed by atoms with Crippen molar-refractivity contribution < 1.29 is 13.9 Å². The zero-order valence-electron chi connectivity index (χ0n) is 18.0. The number of carbonyl (C=O) groups is 1. The lowest BCUT2D eigenvalue weighted by atomic mass is 9.88. The predicted molar refractivity (Wildman–Crippen MR) is 120 cm³/mol. The van der Waals surface area contributed by atoms with E-state index < -0.39 is 5.82 Å². The fourth-order valence-electron chi connectivity index (χ4n) is 4.88. The van der Waals surface area contributed by atoms with Crippen LogP contribution in [0, 0.1) is 5.82 Å². The SMILES string of the molecule is O=C(NCC1CCC2(CCN(Cc3cccc4nccnc34)CC2)O1)c1cccc(F)c1. The van der Waals surface area contributed by atoms with Crippen LogP contribution in [0.2, 0.25) is 0 Å². The van der Waals surface area contributed by atoms with Crippen LogP contribution in [0.25, 0.3) is 11.0 Å². The first-order valence-corrected chi connectivity index (χ1v) is 11.2. The molecule has 1 spiro atoms. The molecule has 1 amide bonds. The Morgan fingerprint density at radius 2 is 1.94 bits per heavy atom. The molecule has 0 aliphatic carbocycles. The first kappa shape index (κ1) is 21.0. The highest BCUT2D eigenvalue weighted by Crippen LogP contribution is 2.39. The van der Waals surface area contributed by atoms with E-state index in [9.17, 15) is 9.18 Å². The number of benzene rings is 2. The number of amides is 1. The van der Waals surface area contributed by atoms with Crippen LogP contribution in [0.15, 0.2) is 54.9 Å². The number of fused-ring (bicyclic) bond motifs is 1. The second kappa shape index (κ2) is 8.92. The fourth-order valence-corrected chi connectivity index (χ4v) is 4.88. The summed E-state index contributed by atoms with van der Waals surface area (Å²) >= 11 is 0. The van der Waals surface area contributed by atoms with Crippen molar-refractivity contribution in [3.63, 3.8) is 0 Å². The Morgan fingerprint density at radius 1 is 1.12 bits per heavy atom. The molecule has 1 unspecified atom stereocenters.